The van der Waals surface area contributed by atoms with E-state index in [2.05, 4.69) is 27.3 Å². The van der Waals surface area contributed by atoms with Crippen molar-refractivity contribution in [1.29, 1.82) is 0 Å². The maximum absolute atomic E-state index is 11.5. The summed E-state index contributed by atoms with van der Waals surface area (Å²) >= 11 is 2.12. The predicted molar refractivity (Wildman–Crippen MR) is 70.0 cm³/mol. The molecule has 1 heterocycles. The minimum Gasteiger partial charge on any atom is -0.467 e. The summed E-state index contributed by atoms with van der Waals surface area (Å²) in [6, 6.07) is 0. The van der Waals surface area contributed by atoms with E-state index in [0.29, 0.717) is 17.3 Å². The molecule has 1 fully saturated rings. The molecule has 100 valence electrons. The van der Waals surface area contributed by atoms with E-state index < -0.39 is 17.9 Å². The van der Waals surface area contributed by atoms with Gasteiger partial charge in [-0.05, 0) is 26.7 Å². The van der Waals surface area contributed by atoms with Crippen LogP contribution in [0.3, 0.4) is 0 Å². The molecule has 1 N–H and O–H groups in total. The Morgan fingerprint density at radius 3 is 2.71 bits per heavy atom. The van der Waals surface area contributed by atoms with Gasteiger partial charge in [0.25, 0.3) is 0 Å². The van der Waals surface area contributed by atoms with Gasteiger partial charge in [-0.15, -0.1) is 0 Å². The third kappa shape index (κ3) is 4.35. The number of halogens is 1. The van der Waals surface area contributed by atoms with E-state index in [-0.39, 0.29) is 12.2 Å². The van der Waals surface area contributed by atoms with Crippen LogP contribution in [0.1, 0.15) is 26.7 Å². The minimum absolute atomic E-state index is 0.352. The first-order chi connectivity index (χ1) is 7.89. The van der Waals surface area contributed by atoms with Crippen molar-refractivity contribution < 1.29 is 24.1 Å². The Kier molecular flexibility index (Phi) is 5.62. The standard InChI is InChI=1S/C11H19IO5/c1-11(2)16-8(5-4-7(13)6-12)9(17-11)10(14)15-3/h7-9,13H,4-6H2,1-3H3/t7?,8-,9-/m0/s1. The van der Waals surface area contributed by atoms with Crippen LogP contribution in [-0.2, 0) is 19.0 Å². The lowest BCUT2D eigenvalue weighted by Crippen LogP contribution is -2.33. The first-order valence-electron chi connectivity index (χ1n) is 5.57. The molecule has 0 saturated carbocycles. The van der Waals surface area contributed by atoms with Gasteiger partial charge < -0.3 is 19.3 Å². The first-order valence-corrected chi connectivity index (χ1v) is 7.09. The molecule has 0 amide bonds. The van der Waals surface area contributed by atoms with Gasteiger partial charge in [0.15, 0.2) is 11.9 Å². The van der Waals surface area contributed by atoms with Crippen molar-refractivity contribution in [3.8, 4) is 0 Å². The van der Waals surface area contributed by atoms with Crippen molar-refractivity contribution in [2.24, 2.45) is 0 Å². The van der Waals surface area contributed by atoms with Crippen molar-refractivity contribution in [3.63, 3.8) is 0 Å². The van der Waals surface area contributed by atoms with Gasteiger partial charge in [-0.1, -0.05) is 22.6 Å². The van der Waals surface area contributed by atoms with Gasteiger partial charge in [0.05, 0.1) is 19.3 Å². The molecule has 0 aliphatic carbocycles. The van der Waals surface area contributed by atoms with Crippen LogP contribution in [0.4, 0.5) is 0 Å². The topological polar surface area (TPSA) is 65.0 Å². The second-order valence-electron chi connectivity index (χ2n) is 4.50. The number of rotatable bonds is 5. The van der Waals surface area contributed by atoms with Gasteiger partial charge >= 0.3 is 5.97 Å². The van der Waals surface area contributed by atoms with E-state index in [1.54, 1.807) is 13.8 Å². The third-order valence-corrected chi connectivity index (χ3v) is 3.60. The Labute approximate surface area is 115 Å². The second-order valence-corrected chi connectivity index (χ2v) is 5.38. The van der Waals surface area contributed by atoms with Crippen LogP contribution < -0.4 is 0 Å². The van der Waals surface area contributed by atoms with Crippen LogP contribution in [-0.4, -0.2) is 46.7 Å². The lowest BCUT2D eigenvalue weighted by Gasteiger charge is -2.17. The SMILES string of the molecule is COC(=O)[C@H]1OC(C)(C)O[C@H]1CCC(O)CI. The van der Waals surface area contributed by atoms with E-state index >= 15 is 0 Å². The Balaban J connectivity index is 2.58. The van der Waals surface area contributed by atoms with Gasteiger partial charge in [0.1, 0.15) is 0 Å². The van der Waals surface area contributed by atoms with Crippen LogP contribution in [0.2, 0.25) is 0 Å². The minimum atomic E-state index is -0.779. The highest BCUT2D eigenvalue weighted by Gasteiger charge is 2.45. The molecule has 0 aromatic carbocycles. The van der Waals surface area contributed by atoms with E-state index in [0.717, 1.165) is 0 Å². The van der Waals surface area contributed by atoms with Gasteiger partial charge in [-0.3, -0.25) is 0 Å². The van der Waals surface area contributed by atoms with Gasteiger partial charge in [-0.2, -0.15) is 0 Å². The largest absolute Gasteiger partial charge is 0.467 e. The molecule has 0 bridgehead atoms. The highest BCUT2D eigenvalue weighted by atomic mass is 127. The molecule has 6 heteroatoms. The highest BCUT2D eigenvalue weighted by Crippen LogP contribution is 2.31. The summed E-state index contributed by atoms with van der Waals surface area (Å²) in [6.45, 7) is 3.52. The smallest absolute Gasteiger partial charge is 0.337 e. The van der Waals surface area contributed by atoms with Crippen LogP contribution in [0, 0.1) is 0 Å². The van der Waals surface area contributed by atoms with Gasteiger partial charge in [0, 0.05) is 4.43 Å². The fourth-order valence-electron chi connectivity index (χ4n) is 1.80. The Morgan fingerprint density at radius 2 is 2.18 bits per heavy atom. The predicted octanol–water partition coefficient (Wildman–Crippen LogP) is 1.26. The zero-order valence-electron chi connectivity index (χ0n) is 10.3. The summed E-state index contributed by atoms with van der Waals surface area (Å²) in [6.07, 6.45) is -0.263. The summed E-state index contributed by atoms with van der Waals surface area (Å²) in [7, 11) is 1.33. The van der Waals surface area contributed by atoms with E-state index in [9.17, 15) is 9.90 Å². The monoisotopic (exact) mass is 358 g/mol. The lowest BCUT2D eigenvalue weighted by molar-refractivity contribution is -0.168. The molecule has 1 aliphatic heterocycles. The van der Waals surface area contributed by atoms with Crippen LogP contribution in [0.5, 0.6) is 0 Å². The Hall–Kier alpha value is 0.0800. The number of hydrogen-bond donors (Lipinski definition) is 1. The van der Waals surface area contributed by atoms with Gasteiger partial charge in [-0.25, -0.2) is 4.79 Å². The number of methoxy groups -OCH3 is 1. The van der Waals surface area contributed by atoms with E-state index in [1.165, 1.54) is 7.11 Å². The molecule has 0 radical (unpaired) electrons. The normalized spacial score (nSPS) is 29.0. The number of ether oxygens (including phenoxy) is 3. The average Bonchev–Trinajstić information content (AvgIpc) is 2.60. The Bertz CT molecular complexity index is 269. The quantitative estimate of drug-likeness (QED) is 0.455. The van der Waals surface area contributed by atoms with E-state index in [4.69, 9.17) is 9.47 Å². The molecular weight excluding hydrogens is 339 g/mol. The number of carbonyl (C=O) groups is 1. The number of aliphatic hydroxyl groups is 1. The maximum Gasteiger partial charge on any atom is 0.337 e. The number of aliphatic hydroxyl groups excluding tert-OH is 1. The Morgan fingerprint density at radius 1 is 1.53 bits per heavy atom. The van der Waals surface area contributed by atoms with E-state index in [1.807, 2.05) is 0 Å². The van der Waals surface area contributed by atoms with Crippen molar-refractivity contribution in [2.45, 2.75) is 50.8 Å². The average molecular weight is 358 g/mol. The first kappa shape index (κ1) is 15.1. The zero-order valence-corrected chi connectivity index (χ0v) is 12.5. The summed E-state index contributed by atoms with van der Waals surface area (Å²) < 4.78 is 16.5. The maximum atomic E-state index is 11.5. The molecule has 1 rings (SSSR count). The number of esters is 1. The molecule has 0 aromatic rings. The molecule has 0 spiro atoms. The fraction of sp³-hybridized carbons (Fsp3) is 0.909. The highest BCUT2D eigenvalue weighted by molar-refractivity contribution is 14.1. The lowest BCUT2D eigenvalue weighted by atomic mass is 10.1. The van der Waals surface area contributed by atoms with Gasteiger partial charge in [0.2, 0.25) is 0 Å². The molecule has 3 atom stereocenters. The number of hydrogen-bond acceptors (Lipinski definition) is 5. The zero-order chi connectivity index (χ0) is 13.1. The van der Waals surface area contributed by atoms with Crippen molar-refractivity contribution >= 4 is 28.6 Å². The molecule has 1 saturated heterocycles. The molecule has 1 unspecified atom stereocenters. The number of carbonyl (C=O) groups excluding carboxylic acids is 1. The molecule has 17 heavy (non-hydrogen) atoms. The molecule has 5 nitrogen and oxygen atoms in total. The summed E-state index contributed by atoms with van der Waals surface area (Å²) in [4.78, 5) is 11.5. The van der Waals surface area contributed by atoms with Crippen LogP contribution in [0.15, 0.2) is 0 Å². The van der Waals surface area contributed by atoms with Crippen molar-refractivity contribution in [3.05, 3.63) is 0 Å². The second kappa shape index (κ2) is 6.31. The molecule has 1 aliphatic rings. The molecule has 0 aromatic heterocycles. The van der Waals surface area contributed by atoms with Crippen LogP contribution in [0.25, 0.3) is 0 Å². The van der Waals surface area contributed by atoms with Crippen molar-refractivity contribution in [1.82, 2.24) is 0 Å². The molecular formula is C11H19IO5. The summed E-state index contributed by atoms with van der Waals surface area (Å²) in [5, 5.41) is 9.51. The third-order valence-electron chi connectivity index (χ3n) is 2.58. The fourth-order valence-corrected chi connectivity index (χ4v) is 2.24. The summed E-state index contributed by atoms with van der Waals surface area (Å²) in [5.74, 6) is -1.21. The number of alkyl halides is 1. The summed E-state index contributed by atoms with van der Waals surface area (Å²) in [5.41, 5.74) is 0. The van der Waals surface area contributed by atoms with Crippen LogP contribution >= 0.6 is 22.6 Å². The van der Waals surface area contributed by atoms with Crippen molar-refractivity contribution in [2.75, 3.05) is 11.5 Å².